The first-order chi connectivity index (χ1) is 38.2. The largest absolute Gasteiger partial charge is 0.472 e. The Labute approximate surface area is 479 Å². The highest BCUT2D eigenvalue weighted by Crippen LogP contribution is 2.43. The molecule has 0 spiro atoms. The summed E-state index contributed by atoms with van der Waals surface area (Å²) < 4.78 is 39.7. The number of unbranched alkanes of at least 4 members (excludes halogenated alkanes) is 36. The van der Waals surface area contributed by atoms with Crippen LogP contribution in [-0.4, -0.2) is 66.5 Å². The average Bonchev–Trinajstić information content (AvgIpc) is 3.43. The molecule has 0 aliphatic heterocycles. The summed E-state index contributed by atoms with van der Waals surface area (Å²) in [6, 6.07) is 0. The average molecular weight is 1120 g/mol. The summed E-state index contributed by atoms with van der Waals surface area (Å²) >= 11 is 0. The standard InChI is InChI=1S/C66H121O11P/c1-4-7-10-13-16-19-22-25-27-29-31-33-35-38-40-43-46-49-52-55-64(68)73-59-63(77-66(70)57-54-51-48-45-42-39-36-34-32-30-28-26-23-20-17-14-11-8-5-2)61-75-78(71,72)74-60-62(58-67)76-65(69)56-53-50-47-44-41-37-24-21-18-15-12-9-6-3/h8,11,17,20,26,28,32,34,62-63,67H,4-7,9-10,12-16,18-19,21-25,27,29-31,33,35-61H2,1-3H3,(H,71,72)/b11-8-,20-17-,28-26-,34-32-. The Morgan fingerprint density at radius 1 is 0.372 bits per heavy atom. The van der Waals surface area contributed by atoms with Gasteiger partial charge in [-0.2, -0.15) is 0 Å². The van der Waals surface area contributed by atoms with E-state index in [0.29, 0.717) is 19.3 Å². The van der Waals surface area contributed by atoms with Gasteiger partial charge < -0.3 is 24.2 Å². The maximum Gasteiger partial charge on any atom is 0.472 e. The van der Waals surface area contributed by atoms with E-state index in [9.17, 15) is 28.9 Å². The molecule has 0 aromatic carbocycles. The molecule has 3 atom stereocenters. The Morgan fingerprint density at radius 3 is 1.03 bits per heavy atom. The van der Waals surface area contributed by atoms with Crippen molar-refractivity contribution in [3.63, 3.8) is 0 Å². The van der Waals surface area contributed by atoms with Crippen LogP contribution in [0, 0.1) is 0 Å². The zero-order chi connectivity index (χ0) is 56.9. The lowest BCUT2D eigenvalue weighted by Crippen LogP contribution is -2.30. The van der Waals surface area contributed by atoms with Gasteiger partial charge in [0, 0.05) is 19.3 Å². The molecule has 0 saturated carbocycles. The number of allylic oxidation sites excluding steroid dienone is 8. The lowest BCUT2D eigenvalue weighted by molar-refractivity contribution is -0.161. The highest BCUT2D eigenvalue weighted by Gasteiger charge is 2.28. The van der Waals surface area contributed by atoms with E-state index in [1.807, 2.05) is 0 Å². The maximum absolute atomic E-state index is 13.0. The normalized spacial score (nSPS) is 13.6. The van der Waals surface area contributed by atoms with E-state index in [-0.39, 0.29) is 25.9 Å². The van der Waals surface area contributed by atoms with Crippen molar-refractivity contribution >= 4 is 25.7 Å². The first kappa shape index (κ1) is 75.4. The number of esters is 3. The van der Waals surface area contributed by atoms with Gasteiger partial charge >= 0.3 is 25.7 Å². The van der Waals surface area contributed by atoms with E-state index < -0.39 is 57.8 Å². The summed E-state index contributed by atoms with van der Waals surface area (Å²) in [4.78, 5) is 48.7. The first-order valence-corrected chi connectivity index (χ1v) is 34.0. The van der Waals surface area contributed by atoms with E-state index in [4.69, 9.17) is 23.3 Å². The van der Waals surface area contributed by atoms with Crippen LogP contribution < -0.4 is 0 Å². The maximum atomic E-state index is 13.0. The van der Waals surface area contributed by atoms with Crippen molar-refractivity contribution in [2.75, 3.05) is 26.4 Å². The van der Waals surface area contributed by atoms with Gasteiger partial charge in [0.15, 0.2) is 6.10 Å². The summed E-state index contributed by atoms with van der Waals surface area (Å²) in [7, 11) is -4.75. The van der Waals surface area contributed by atoms with Gasteiger partial charge in [-0.05, 0) is 57.8 Å². The molecule has 0 bridgehead atoms. The first-order valence-electron chi connectivity index (χ1n) is 32.5. The van der Waals surface area contributed by atoms with Crippen LogP contribution in [0.2, 0.25) is 0 Å². The summed E-state index contributed by atoms with van der Waals surface area (Å²) in [5.41, 5.74) is 0. The fraction of sp³-hybridized carbons (Fsp3) is 0.833. The second kappa shape index (κ2) is 60.5. The van der Waals surface area contributed by atoms with Crippen molar-refractivity contribution in [3.8, 4) is 0 Å². The van der Waals surface area contributed by atoms with E-state index >= 15 is 0 Å². The minimum atomic E-state index is -4.75. The Hall–Kier alpha value is -2.56. The molecule has 3 unspecified atom stereocenters. The summed E-state index contributed by atoms with van der Waals surface area (Å²) in [6.07, 6.45) is 66.3. The molecule has 0 aromatic heterocycles. The van der Waals surface area contributed by atoms with Gasteiger partial charge in [-0.25, -0.2) is 4.57 Å². The quantitative estimate of drug-likeness (QED) is 0.0197. The third-order valence-electron chi connectivity index (χ3n) is 14.3. The SMILES string of the molecule is CC/C=C\C/C=C\C/C=C\C/C=C\CCCCCCCCC(=O)OC(COC(=O)CCCCCCCCCCCCCCCCCCCCC)COP(=O)(O)OCC(CO)OC(=O)CCCCCCCCCCCCCCC. The van der Waals surface area contributed by atoms with Crippen LogP contribution in [-0.2, 0) is 42.2 Å². The van der Waals surface area contributed by atoms with Crippen LogP contribution in [0.5, 0.6) is 0 Å². The Balaban J connectivity index is 4.69. The number of carbonyl (C=O) groups is 3. The van der Waals surface area contributed by atoms with E-state index in [0.717, 1.165) is 103 Å². The Morgan fingerprint density at radius 2 is 0.667 bits per heavy atom. The molecular formula is C66H121O11P. The molecular weight excluding hydrogens is 1000 g/mol. The lowest BCUT2D eigenvalue weighted by atomic mass is 10.0. The Kier molecular flexibility index (Phi) is 58.5. The van der Waals surface area contributed by atoms with Gasteiger partial charge in [-0.15, -0.1) is 0 Å². The molecule has 0 radical (unpaired) electrons. The fourth-order valence-electron chi connectivity index (χ4n) is 9.35. The minimum absolute atomic E-state index is 0.155. The number of ether oxygens (including phenoxy) is 3. The molecule has 0 heterocycles. The highest BCUT2D eigenvalue weighted by atomic mass is 31.2. The van der Waals surface area contributed by atoms with Gasteiger partial charge in [-0.1, -0.05) is 288 Å². The monoisotopic (exact) mass is 1120 g/mol. The van der Waals surface area contributed by atoms with Crippen molar-refractivity contribution in [1.29, 1.82) is 0 Å². The molecule has 0 saturated heterocycles. The molecule has 0 amide bonds. The molecule has 456 valence electrons. The van der Waals surface area contributed by atoms with Crippen LogP contribution in [0.1, 0.15) is 316 Å². The molecule has 2 N–H and O–H groups in total. The second-order valence-corrected chi connectivity index (χ2v) is 23.4. The zero-order valence-electron chi connectivity index (χ0n) is 50.6. The van der Waals surface area contributed by atoms with Crippen LogP contribution in [0.3, 0.4) is 0 Å². The van der Waals surface area contributed by atoms with Gasteiger partial charge in [-0.3, -0.25) is 23.4 Å². The molecule has 0 aliphatic carbocycles. The smallest absolute Gasteiger partial charge is 0.462 e. The van der Waals surface area contributed by atoms with Crippen LogP contribution in [0.4, 0.5) is 0 Å². The molecule has 11 nitrogen and oxygen atoms in total. The van der Waals surface area contributed by atoms with E-state index in [1.165, 1.54) is 154 Å². The molecule has 12 heteroatoms. The van der Waals surface area contributed by atoms with Crippen LogP contribution >= 0.6 is 7.82 Å². The van der Waals surface area contributed by atoms with E-state index in [1.54, 1.807) is 0 Å². The molecule has 0 rings (SSSR count). The number of hydrogen-bond acceptors (Lipinski definition) is 10. The number of hydrogen-bond donors (Lipinski definition) is 2. The third kappa shape index (κ3) is 58.1. The number of carbonyl (C=O) groups excluding carboxylic acids is 3. The minimum Gasteiger partial charge on any atom is -0.462 e. The molecule has 0 aromatic rings. The third-order valence-corrected chi connectivity index (χ3v) is 15.2. The number of rotatable bonds is 61. The van der Waals surface area contributed by atoms with E-state index in [2.05, 4.69) is 69.4 Å². The predicted octanol–water partition coefficient (Wildman–Crippen LogP) is 19.7. The van der Waals surface area contributed by atoms with Crippen molar-refractivity contribution < 1.29 is 52.2 Å². The molecule has 0 fully saturated rings. The Bertz CT molecular complexity index is 1490. The number of phosphoric ester groups is 1. The summed E-state index contributed by atoms with van der Waals surface area (Å²) in [6.45, 7) is 4.58. The number of aliphatic hydroxyl groups is 1. The lowest BCUT2D eigenvalue weighted by Gasteiger charge is -2.21. The molecule has 0 aliphatic rings. The second-order valence-electron chi connectivity index (χ2n) is 21.9. The van der Waals surface area contributed by atoms with Crippen molar-refractivity contribution in [1.82, 2.24) is 0 Å². The summed E-state index contributed by atoms with van der Waals surface area (Å²) in [5.74, 6) is -1.46. The van der Waals surface area contributed by atoms with Gasteiger partial charge in [0.25, 0.3) is 0 Å². The van der Waals surface area contributed by atoms with Crippen LogP contribution in [0.15, 0.2) is 48.6 Å². The number of phosphoric acid groups is 1. The van der Waals surface area contributed by atoms with Crippen molar-refractivity contribution in [3.05, 3.63) is 48.6 Å². The van der Waals surface area contributed by atoms with Gasteiger partial charge in [0.1, 0.15) is 12.7 Å². The van der Waals surface area contributed by atoms with Gasteiger partial charge in [0.2, 0.25) is 0 Å². The predicted molar refractivity (Wildman–Crippen MR) is 325 cm³/mol. The van der Waals surface area contributed by atoms with Gasteiger partial charge in [0.05, 0.1) is 19.8 Å². The molecule has 78 heavy (non-hydrogen) atoms. The topological polar surface area (TPSA) is 155 Å². The highest BCUT2D eigenvalue weighted by molar-refractivity contribution is 7.47. The zero-order valence-corrected chi connectivity index (χ0v) is 51.5. The van der Waals surface area contributed by atoms with Crippen molar-refractivity contribution in [2.24, 2.45) is 0 Å². The number of aliphatic hydroxyl groups excluding tert-OH is 1. The fourth-order valence-corrected chi connectivity index (χ4v) is 10.1. The van der Waals surface area contributed by atoms with Crippen LogP contribution in [0.25, 0.3) is 0 Å². The van der Waals surface area contributed by atoms with Crippen molar-refractivity contribution in [2.45, 2.75) is 328 Å². The summed E-state index contributed by atoms with van der Waals surface area (Å²) in [5, 5.41) is 9.84.